The highest BCUT2D eigenvalue weighted by Crippen LogP contribution is 2.26. The summed E-state index contributed by atoms with van der Waals surface area (Å²) in [4.78, 5) is 25.4. The minimum Gasteiger partial charge on any atom is -0.350 e. The fourth-order valence-corrected chi connectivity index (χ4v) is 3.72. The number of likely N-dealkylation sites (tertiary alicyclic amines) is 1. The number of rotatable bonds is 6. The number of benzene rings is 2. The quantitative estimate of drug-likeness (QED) is 0.597. The van der Waals surface area contributed by atoms with E-state index in [1.807, 2.05) is 24.3 Å². The summed E-state index contributed by atoms with van der Waals surface area (Å²) in [6, 6.07) is 12.2. The van der Waals surface area contributed by atoms with E-state index in [1.54, 1.807) is 13.0 Å². The Morgan fingerprint density at radius 1 is 1.26 bits per heavy atom. The summed E-state index contributed by atoms with van der Waals surface area (Å²) in [6.45, 7) is 4.07. The molecule has 0 radical (unpaired) electrons. The van der Waals surface area contributed by atoms with Gasteiger partial charge in [0.15, 0.2) is 0 Å². The number of nitro benzene ring substituents is 1. The van der Waals surface area contributed by atoms with E-state index in [4.69, 9.17) is 11.6 Å². The maximum atomic E-state index is 12.6. The highest BCUT2D eigenvalue weighted by molar-refractivity contribution is 6.30. The Kier molecular flexibility index (Phi) is 6.08. The number of hydrogen-bond acceptors (Lipinski definition) is 4. The Hall–Kier alpha value is -2.44. The van der Waals surface area contributed by atoms with Crippen molar-refractivity contribution in [1.29, 1.82) is 0 Å². The third-order valence-electron chi connectivity index (χ3n) is 4.93. The maximum Gasteiger partial charge on any atom is 0.272 e. The summed E-state index contributed by atoms with van der Waals surface area (Å²) in [5.41, 5.74) is 1.98. The molecule has 1 aliphatic rings. The molecule has 27 heavy (non-hydrogen) atoms. The topological polar surface area (TPSA) is 75.5 Å². The number of nitrogens with one attached hydrogen (secondary N) is 1. The maximum absolute atomic E-state index is 12.6. The lowest BCUT2D eigenvalue weighted by Gasteiger charge is -2.28. The molecular weight excluding hydrogens is 366 g/mol. The second-order valence-corrected chi connectivity index (χ2v) is 7.22. The molecule has 6 nitrogen and oxygen atoms in total. The zero-order valence-electron chi connectivity index (χ0n) is 15.2. The number of hydrogen-bond donors (Lipinski definition) is 1. The van der Waals surface area contributed by atoms with Gasteiger partial charge >= 0.3 is 0 Å². The van der Waals surface area contributed by atoms with Crippen LogP contribution in [0.1, 0.15) is 40.4 Å². The van der Waals surface area contributed by atoms with Crippen molar-refractivity contribution < 1.29 is 9.72 Å². The molecule has 0 aliphatic carbocycles. The standard InChI is InChI=1S/C20H22ClN3O3/c1-14-11-16(7-8-18(14)24(26)27)20(25)22-13-19(23-9-2-3-10-23)15-5-4-6-17(21)12-15/h4-8,11-12,19H,2-3,9-10,13H2,1H3,(H,22,25). The first-order valence-corrected chi connectivity index (χ1v) is 9.36. The second-order valence-electron chi connectivity index (χ2n) is 6.78. The number of nitrogens with zero attached hydrogens (tertiary/aromatic N) is 2. The lowest BCUT2D eigenvalue weighted by atomic mass is 10.0. The van der Waals surface area contributed by atoms with E-state index in [9.17, 15) is 14.9 Å². The molecule has 1 saturated heterocycles. The monoisotopic (exact) mass is 387 g/mol. The van der Waals surface area contributed by atoms with Crippen molar-refractivity contribution in [3.63, 3.8) is 0 Å². The smallest absolute Gasteiger partial charge is 0.272 e. The van der Waals surface area contributed by atoms with E-state index in [0.717, 1.165) is 31.5 Å². The van der Waals surface area contributed by atoms with Crippen LogP contribution in [0.15, 0.2) is 42.5 Å². The van der Waals surface area contributed by atoms with Gasteiger partial charge in [0.1, 0.15) is 0 Å². The molecule has 0 spiro atoms. The molecule has 1 fully saturated rings. The van der Waals surface area contributed by atoms with Gasteiger partial charge in [-0.3, -0.25) is 19.8 Å². The molecule has 142 valence electrons. The van der Waals surface area contributed by atoms with Crippen LogP contribution in [0, 0.1) is 17.0 Å². The summed E-state index contributed by atoms with van der Waals surface area (Å²) < 4.78 is 0. The van der Waals surface area contributed by atoms with Gasteiger partial charge in [0, 0.05) is 28.8 Å². The van der Waals surface area contributed by atoms with Gasteiger partial charge in [0.05, 0.1) is 11.0 Å². The summed E-state index contributed by atoms with van der Waals surface area (Å²) in [7, 11) is 0. The molecule has 1 heterocycles. The molecule has 1 aliphatic heterocycles. The van der Waals surface area contributed by atoms with Crippen molar-refractivity contribution in [1.82, 2.24) is 10.2 Å². The first kappa shape index (κ1) is 19.3. The SMILES string of the molecule is Cc1cc(C(=O)NCC(c2cccc(Cl)c2)N2CCCC2)ccc1[N+](=O)[O-]. The largest absolute Gasteiger partial charge is 0.350 e. The van der Waals surface area contributed by atoms with Crippen molar-refractivity contribution in [2.75, 3.05) is 19.6 Å². The third-order valence-corrected chi connectivity index (χ3v) is 5.16. The van der Waals surface area contributed by atoms with Gasteiger partial charge in [0.2, 0.25) is 0 Å². The fraction of sp³-hybridized carbons (Fsp3) is 0.350. The third kappa shape index (κ3) is 4.64. The average molecular weight is 388 g/mol. The van der Waals surface area contributed by atoms with Gasteiger partial charge < -0.3 is 5.32 Å². The molecule has 0 aromatic heterocycles. The molecule has 1 amide bonds. The molecule has 2 aromatic carbocycles. The van der Waals surface area contributed by atoms with Crippen molar-refractivity contribution in [2.24, 2.45) is 0 Å². The molecule has 7 heteroatoms. The first-order valence-electron chi connectivity index (χ1n) is 8.98. The lowest BCUT2D eigenvalue weighted by Crippen LogP contribution is -2.36. The Bertz CT molecular complexity index is 850. The van der Waals surface area contributed by atoms with Crippen LogP contribution in [0.5, 0.6) is 0 Å². The molecule has 3 rings (SSSR count). The van der Waals surface area contributed by atoms with Crippen molar-refractivity contribution in [2.45, 2.75) is 25.8 Å². The Morgan fingerprint density at radius 2 is 2.00 bits per heavy atom. The van der Waals surface area contributed by atoms with Crippen LogP contribution in [0.4, 0.5) is 5.69 Å². The Balaban J connectivity index is 1.74. The van der Waals surface area contributed by atoms with Gasteiger partial charge in [-0.05, 0) is 62.7 Å². The van der Waals surface area contributed by atoms with Crippen LogP contribution in [-0.2, 0) is 0 Å². The number of amides is 1. The Morgan fingerprint density at radius 3 is 2.63 bits per heavy atom. The van der Waals surface area contributed by atoms with Crippen molar-refractivity contribution in [3.8, 4) is 0 Å². The van der Waals surface area contributed by atoms with Crippen LogP contribution in [0.3, 0.4) is 0 Å². The predicted molar refractivity (Wildman–Crippen MR) is 105 cm³/mol. The summed E-state index contributed by atoms with van der Waals surface area (Å²) in [5.74, 6) is -0.237. The Labute approximate surface area is 163 Å². The zero-order chi connectivity index (χ0) is 19.4. The molecule has 2 aromatic rings. The molecule has 1 unspecified atom stereocenters. The van der Waals surface area contributed by atoms with Crippen LogP contribution in [-0.4, -0.2) is 35.4 Å². The van der Waals surface area contributed by atoms with Crippen LogP contribution in [0.2, 0.25) is 5.02 Å². The van der Waals surface area contributed by atoms with Gasteiger partial charge in [-0.15, -0.1) is 0 Å². The lowest BCUT2D eigenvalue weighted by molar-refractivity contribution is -0.385. The van der Waals surface area contributed by atoms with Crippen LogP contribution < -0.4 is 5.32 Å². The number of carbonyl (C=O) groups is 1. The van der Waals surface area contributed by atoms with E-state index in [2.05, 4.69) is 10.2 Å². The van der Waals surface area contributed by atoms with E-state index >= 15 is 0 Å². The molecule has 0 saturated carbocycles. The molecule has 1 N–H and O–H groups in total. The van der Waals surface area contributed by atoms with Crippen LogP contribution >= 0.6 is 11.6 Å². The van der Waals surface area contributed by atoms with Gasteiger partial charge in [-0.1, -0.05) is 23.7 Å². The number of aryl methyl sites for hydroxylation is 1. The van der Waals surface area contributed by atoms with Gasteiger partial charge in [-0.2, -0.15) is 0 Å². The van der Waals surface area contributed by atoms with Gasteiger partial charge in [0.25, 0.3) is 11.6 Å². The minimum absolute atomic E-state index is 0.0143. The number of nitro groups is 1. The molecular formula is C20H22ClN3O3. The zero-order valence-corrected chi connectivity index (χ0v) is 15.9. The van der Waals surface area contributed by atoms with Crippen LogP contribution in [0.25, 0.3) is 0 Å². The highest BCUT2D eigenvalue weighted by atomic mass is 35.5. The highest BCUT2D eigenvalue weighted by Gasteiger charge is 2.24. The molecule has 0 bridgehead atoms. The first-order chi connectivity index (χ1) is 13.0. The second kappa shape index (κ2) is 8.50. The predicted octanol–water partition coefficient (Wildman–Crippen LogP) is 4.12. The van der Waals surface area contributed by atoms with E-state index in [-0.39, 0.29) is 17.6 Å². The van der Waals surface area contributed by atoms with E-state index in [0.29, 0.717) is 22.7 Å². The average Bonchev–Trinajstić information content (AvgIpc) is 3.16. The summed E-state index contributed by atoms with van der Waals surface area (Å²) >= 11 is 6.15. The van der Waals surface area contributed by atoms with Crippen molar-refractivity contribution in [3.05, 3.63) is 74.3 Å². The number of halogens is 1. The summed E-state index contributed by atoms with van der Waals surface area (Å²) in [6.07, 6.45) is 2.29. The molecule has 1 atom stereocenters. The van der Waals surface area contributed by atoms with Crippen molar-refractivity contribution >= 4 is 23.2 Å². The normalized spacial score (nSPS) is 15.5. The minimum atomic E-state index is -0.445. The fourth-order valence-electron chi connectivity index (χ4n) is 3.52. The van der Waals surface area contributed by atoms with E-state index in [1.165, 1.54) is 12.1 Å². The van der Waals surface area contributed by atoms with E-state index < -0.39 is 4.92 Å². The summed E-state index contributed by atoms with van der Waals surface area (Å²) in [5, 5.41) is 14.6. The number of carbonyl (C=O) groups excluding carboxylic acids is 1. The van der Waals surface area contributed by atoms with Gasteiger partial charge in [-0.25, -0.2) is 0 Å².